The molecule has 0 heterocycles. The normalized spacial score (nSPS) is 16.7. The van der Waals surface area contributed by atoms with Gasteiger partial charge in [-0.1, -0.05) is 66.5 Å². The van der Waals surface area contributed by atoms with Crippen LogP contribution in [-0.4, -0.2) is 17.9 Å². The van der Waals surface area contributed by atoms with E-state index in [9.17, 15) is 10.1 Å². The molecule has 0 aromatic rings. The first kappa shape index (κ1) is 20.6. The lowest BCUT2D eigenvalue weighted by atomic mass is 9.99. The van der Waals surface area contributed by atoms with Crippen molar-refractivity contribution in [1.29, 1.82) is 0 Å². The zero-order valence-electron chi connectivity index (χ0n) is 14.8. The van der Waals surface area contributed by atoms with Gasteiger partial charge >= 0.3 is 0 Å². The maximum Gasteiger partial charge on any atom is 0.259 e. The number of rotatable bonds is 8. The number of allylic oxidation sites excluding steroid dienone is 1. The Bertz CT molecular complexity index is 384. The first-order valence-electron chi connectivity index (χ1n) is 7.92. The van der Waals surface area contributed by atoms with Gasteiger partial charge < -0.3 is 0 Å². The molecule has 0 aliphatic carbocycles. The van der Waals surface area contributed by atoms with Gasteiger partial charge in [-0.3, -0.25) is 10.1 Å². The zero-order valence-corrected chi connectivity index (χ0v) is 16.5. The number of nitrogens with zero attached hydrogens (tertiary/aromatic N) is 1. The minimum Gasteiger partial charge on any atom is -0.259 e. The van der Waals surface area contributed by atoms with Crippen LogP contribution in [0.5, 0.6) is 0 Å². The van der Waals surface area contributed by atoms with Crippen molar-refractivity contribution in [2.75, 3.05) is 0 Å². The van der Waals surface area contributed by atoms with Crippen LogP contribution < -0.4 is 0 Å². The molecule has 0 amide bonds. The van der Waals surface area contributed by atoms with E-state index in [1.54, 1.807) is 6.92 Å². The predicted molar refractivity (Wildman–Crippen MR) is 95.3 cm³/mol. The zero-order chi connectivity index (χ0) is 16.9. The maximum absolute atomic E-state index is 11.5. The highest BCUT2D eigenvalue weighted by Gasteiger charge is 2.41. The Morgan fingerprint density at radius 2 is 1.71 bits per heavy atom. The first-order valence-corrected chi connectivity index (χ1v) is 11.4. The summed E-state index contributed by atoms with van der Waals surface area (Å²) in [6.07, 6.45) is 5.00. The van der Waals surface area contributed by atoms with Crippen LogP contribution >= 0.6 is 11.6 Å². The average molecular weight is 334 g/mol. The number of halogens is 1. The molecule has 0 saturated heterocycles. The third-order valence-electron chi connectivity index (χ3n) is 4.66. The second kappa shape index (κ2) is 7.77. The molecule has 0 spiro atoms. The van der Waals surface area contributed by atoms with Gasteiger partial charge in [0.25, 0.3) is 5.70 Å². The fourth-order valence-electron chi connectivity index (χ4n) is 1.96. The fourth-order valence-corrected chi connectivity index (χ4v) is 3.85. The van der Waals surface area contributed by atoms with Crippen molar-refractivity contribution in [3.8, 4) is 0 Å². The molecule has 0 aliphatic rings. The molecule has 0 aliphatic heterocycles. The number of hydrogen-bond donors (Lipinski definition) is 0. The van der Waals surface area contributed by atoms with E-state index in [1.165, 1.54) is 0 Å². The van der Waals surface area contributed by atoms with Crippen molar-refractivity contribution in [3.63, 3.8) is 0 Å². The minimum absolute atomic E-state index is 0.0729. The monoisotopic (exact) mass is 333 g/mol. The molecular formula is C16H32ClNO2Si. The molecule has 0 radical (unpaired) electrons. The molecule has 0 N–H and O–H groups in total. The molecule has 124 valence electrons. The van der Waals surface area contributed by atoms with Crippen molar-refractivity contribution >= 4 is 19.7 Å². The van der Waals surface area contributed by atoms with Gasteiger partial charge in [0, 0.05) is 0 Å². The van der Waals surface area contributed by atoms with Gasteiger partial charge in [0.15, 0.2) is 0 Å². The van der Waals surface area contributed by atoms with Gasteiger partial charge in [0.05, 0.1) is 13.0 Å². The number of nitro groups is 1. The van der Waals surface area contributed by atoms with E-state index in [2.05, 4.69) is 40.8 Å². The SMILES string of the molecule is CCCCCCC(C)(Cl)/C(=C/[Si](C)(C)C(C)(C)C)[N+](=O)[O-]. The molecule has 3 nitrogen and oxygen atoms in total. The summed E-state index contributed by atoms with van der Waals surface area (Å²) in [5, 5.41) is 11.6. The Balaban J connectivity index is 5.26. The quantitative estimate of drug-likeness (QED) is 0.175. The van der Waals surface area contributed by atoms with Gasteiger partial charge in [-0.2, -0.15) is 0 Å². The Labute approximate surface area is 136 Å². The topological polar surface area (TPSA) is 43.1 Å². The largest absolute Gasteiger partial charge is 0.259 e. The highest BCUT2D eigenvalue weighted by Crippen LogP contribution is 2.40. The summed E-state index contributed by atoms with van der Waals surface area (Å²) in [6, 6.07) is 0. The third-order valence-corrected chi connectivity index (χ3v) is 9.90. The lowest BCUT2D eigenvalue weighted by Crippen LogP contribution is -2.38. The number of unbranched alkanes of at least 4 members (excludes halogenated alkanes) is 3. The smallest absolute Gasteiger partial charge is 0.259 e. The molecule has 0 rings (SSSR count). The van der Waals surface area contributed by atoms with Crippen molar-refractivity contribution < 1.29 is 4.92 Å². The summed E-state index contributed by atoms with van der Waals surface area (Å²) in [6.45, 7) is 14.7. The van der Waals surface area contributed by atoms with Crippen LogP contribution in [0.3, 0.4) is 0 Å². The van der Waals surface area contributed by atoms with E-state index in [0.717, 1.165) is 25.7 Å². The van der Waals surface area contributed by atoms with Crippen LogP contribution in [-0.2, 0) is 0 Å². The Kier molecular flexibility index (Phi) is 7.64. The molecule has 0 aromatic carbocycles. The molecule has 0 saturated carbocycles. The molecule has 5 heteroatoms. The Morgan fingerprint density at radius 3 is 2.10 bits per heavy atom. The van der Waals surface area contributed by atoms with Gasteiger partial charge in [0.2, 0.25) is 0 Å². The summed E-state index contributed by atoms with van der Waals surface area (Å²) < 4.78 is 0. The first-order chi connectivity index (χ1) is 9.35. The predicted octanol–water partition coefficient (Wildman–Crippen LogP) is 6.16. The van der Waals surface area contributed by atoms with E-state index >= 15 is 0 Å². The van der Waals surface area contributed by atoms with E-state index in [0.29, 0.717) is 6.42 Å². The number of alkyl halides is 1. The van der Waals surface area contributed by atoms with E-state index in [1.807, 2.05) is 5.70 Å². The molecule has 21 heavy (non-hydrogen) atoms. The molecule has 0 aromatic heterocycles. The molecule has 0 fully saturated rings. The minimum atomic E-state index is -1.88. The lowest BCUT2D eigenvalue weighted by Gasteiger charge is -2.34. The summed E-state index contributed by atoms with van der Waals surface area (Å²) in [5.74, 6) is 0. The van der Waals surface area contributed by atoms with Crippen LogP contribution in [0.15, 0.2) is 11.4 Å². The second-order valence-electron chi connectivity index (χ2n) is 7.77. The lowest BCUT2D eigenvalue weighted by molar-refractivity contribution is -0.431. The summed E-state index contributed by atoms with van der Waals surface area (Å²) in [4.78, 5) is 10.4. The standard InChI is InChI=1S/C16H32ClNO2Si/c1-8-9-10-11-12-16(5,17)14(18(19)20)13-21(6,7)15(2,3)4/h13H,8-12H2,1-7H3/b14-13-. The van der Waals surface area contributed by atoms with Crippen LogP contribution in [0, 0.1) is 10.1 Å². The van der Waals surface area contributed by atoms with Crippen molar-refractivity contribution in [1.82, 2.24) is 0 Å². The highest BCUT2D eigenvalue weighted by molar-refractivity contribution is 6.84. The number of hydrogen-bond acceptors (Lipinski definition) is 2. The van der Waals surface area contributed by atoms with Gasteiger partial charge in [-0.05, 0) is 24.1 Å². The van der Waals surface area contributed by atoms with Crippen molar-refractivity contribution in [2.45, 2.75) is 89.7 Å². The molecule has 0 bridgehead atoms. The van der Waals surface area contributed by atoms with E-state index in [-0.39, 0.29) is 15.7 Å². The molecule has 1 atom stereocenters. The van der Waals surface area contributed by atoms with E-state index in [4.69, 9.17) is 11.6 Å². The molecule has 1 unspecified atom stereocenters. The van der Waals surface area contributed by atoms with E-state index < -0.39 is 12.9 Å². The molecular weight excluding hydrogens is 302 g/mol. The highest BCUT2D eigenvalue weighted by atomic mass is 35.5. The second-order valence-corrected chi connectivity index (χ2v) is 13.8. The summed E-state index contributed by atoms with van der Waals surface area (Å²) in [5.41, 5.74) is 2.10. The van der Waals surface area contributed by atoms with Crippen LogP contribution in [0.2, 0.25) is 18.1 Å². The van der Waals surface area contributed by atoms with Gasteiger partial charge in [-0.15, -0.1) is 11.6 Å². The Hall–Kier alpha value is -0.353. The van der Waals surface area contributed by atoms with Crippen LogP contribution in [0.25, 0.3) is 0 Å². The van der Waals surface area contributed by atoms with Crippen molar-refractivity contribution in [3.05, 3.63) is 21.5 Å². The van der Waals surface area contributed by atoms with Gasteiger partial charge in [-0.25, -0.2) is 0 Å². The fraction of sp³-hybridized carbons (Fsp3) is 0.875. The third kappa shape index (κ3) is 6.51. The maximum atomic E-state index is 11.5. The summed E-state index contributed by atoms with van der Waals surface area (Å²) >= 11 is 6.54. The van der Waals surface area contributed by atoms with Gasteiger partial charge in [0.1, 0.15) is 4.87 Å². The van der Waals surface area contributed by atoms with Crippen molar-refractivity contribution in [2.24, 2.45) is 0 Å². The van der Waals surface area contributed by atoms with Crippen LogP contribution in [0.1, 0.15) is 66.7 Å². The Morgan fingerprint density at radius 1 is 1.19 bits per heavy atom. The van der Waals surface area contributed by atoms with Crippen LogP contribution in [0.4, 0.5) is 0 Å². The average Bonchev–Trinajstić information content (AvgIpc) is 2.30. The summed E-state index contributed by atoms with van der Waals surface area (Å²) in [7, 11) is -1.88.